The fourth-order valence-corrected chi connectivity index (χ4v) is 1.93. The zero-order valence-corrected chi connectivity index (χ0v) is 12.6. The molecule has 3 heteroatoms. The van der Waals surface area contributed by atoms with Gasteiger partial charge < -0.3 is 9.22 Å². The Morgan fingerprint density at radius 1 is 1.37 bits per heavy atom. The van der Waals surface area contributed by atoms with Crippen molar-refractivity contribution in [3.63, 3.8) is 0 Å². The maximum atomic E-state index is 11.4. The first-order valence-corrected chi connectivity index (χ1v) is 6.53. The van der Waals surface area contributed by atoms with Crippen LogP contribution in [-0.2, 0) is 10.3 Å². The van der Waals surface area contributed by atoms with Crippen LogP contribution >= 0.6 is 0 Å². The molecule has 0 radical (unpaired) electrons. The van der Waals surface area contributed by atoms with Crippen LogP contribution in [0.25, 0.3) is 0 Å². The highest BCUT2D eigenvalue weighted by Gasteiger charge is 2.39. The van der Waals surface area contributed by atoms with Gasteiger partial charge in [0.2, 0.25) is 0 Å². The minimum atomic E-state index is -0.426. The number of hydrogen-bond acceptors (Lipinski definition) is 2. The summed E-state index contributed by atoms with van der Waals surface area (Å²) >= 11 is 0. The lowest BCUT2D eigenvalue weighted by Gasteiger charge is -2.44. The van der Waals surface area contributed by atoms with Gasteiger partial charge in [0, 0.05) is 6.08 Å². The van der Waals surface area contributed by atoms with E-state index in [1.807, 2.05) is 24.3 Å². The third kappa shape index (κ3) is 3.04. The van der Waals surface area contributed by atoms with Crippen molar-refractivity contribution < 1.29 is 14.0 Å². The average molecular weight is 262 g/mol. The van der Waals surface area contributed by atoms with Crippen molar-refractivity contribution in [2.24, 2.45) is 0 Å². The van der Waals surface area contributed by atoms with Gasteiger partial charge in [-0.1, -0.05) is 18.7 Å². The Hall–Kier alpha value is -1.61. The number of nitrogens with zero attached hydrogens (tertiary/aromatic N) is 1. The van der Waals surface area contributed by atoms with Gasteiger partial charge in [-0.25, -0.2) is 4.79 Å². The van der Waals surface area contributed by atoms with E-state index in [9.17, 15) is 4.79 Å². The van der Waals surface area contributed by atoms with Gasteiger partial charge in [-0.05, 0) is 32.9 Å². The summed E-state index contributed by atoms with van der Waals surface area (Å²) in [6, 6.07) is 7.69. The van der Waals surface area contributed by atoms with Crippen LogP contribution in [0.2, 0.25) is 0 Å². The molecule has 0 aromatic heterocycles. The molecule has 1 aromatic carbocycles. The first kappa shape index (κ1) is 15.4. The minimum Gasteiger partial charge on any atom is -0.423 e. The summed E-state index contributed by atoms with van der Waals surface area (Å²) in [5.74, 6) is 0.183. The normalized spacial score (nSPS) is 12.1. The smallest absolute Gasteiger partial charge is 0.335 e. The summed E-state index contributed by atoms with van der Waals surface area (Å²) in [5, 5.41) is 0. The topological polar surface area (TPSA) is 26.3 Å². The highest BCUT2D eigenvalue weighted by molar-refractivity contribution is 5.83. The van der Waals surface area contributed by atoms with Crippen LogP contribution < -0.4 is 4.74 Å². The molecule has 0 aliphatic rings. The molecule has 0 amide bonds. The Balaban J connectivity index is 3.27. The van der Waals surface area contributed by atoms with Crippen molar-refractivity contribution in [3.8, 4) is 5.75 Å². The molecule has 0 saturated heterocycles. The molecule has 0 saturated carbocycles. The number of para-hydroxylation sites is 1. The maximum absolute atomic E-state index is 11.4. The largest absolute Gasteiger partial charge is 0.423 e. The quantitative estimate of drug-likeness (QED) is 0.353. The number of esters is 1. The number of ether oxygens (including phenoxy) is 1. The van der Waals surface area contributed by atoms with Gasteiger partial charge in [-0.15, -0.1) is 0 Å². The maximum Gasteiger partial charge on any atom is 0.335 e. The predicted octanol–water partition coefficient (Wildman–Crippen LogP) is 3.11. The third-order valence-corrected chi connectivity index (χ3v) is 4.23. The molecule has 0 fully saturated rings. The van der Waals surface area contributed by atoms with Crippen LogP contribution in [0.15, 0.2) is 36.9 Å². The number of quaternary nitrogens is 1. The number of benzene rings is 1. The van der Waals surface area contributed by atoms with Gasteiger partial charge in [0.05, 0.1) is 26.2 Å². The molecular weight excluding hydrogens is 238 g/mol. The van der Waals surface area contributed by atoms with E-state index in [-0.39, 0.29) is 5.54 Å². The standard InChI is InChI=1S/C16H24NO2/c1-7-15(18)19-14-12-10-9-11-13(14)16(3,4)17(5,6)8-2/h7,9-12H,1,8H2,2-6H3/q+1. The SMILES string of the molecule is C=CC(=O)Oc1ccccc1C(C)(C)[N+](C)(C)CC. The van der Waals surface area contributed by atoms with E-state index in [2.05, 4.69) is 41.4 Å². The summed E-state index contributed by atoms with van der Waals surface area (Å²) in [6.45, 7) is 10.9. The fraction of sp³-hybridized carbons (Fsp3) is 0.438. The van der Waals surface area contributed by atoms with E-state index in [0.717, 1.165) is 16.6 Å². The van der Waals surface area contributed by atoms with Crippen molar-refractivity contribution in [2.45, 2.75) is 26.3 Å². The third-order valence-electron chi connectivity index (χ3n) is 4.23. The lowest BCUT2D eigenvalue weighted by atomic mass is 9.89. The molecule has 0 heterocycles. The van der Waals surface area contributed by atoms with Gasteiger partial charge in [0.15, 0.2) is 0 Å². The molecule has 104 valence electrons. The van der Waals surface area contributed by atoms with Gasteiger partial charge in [-0.3, -0.25) is 0 Å². The Morgan fingerprint density at radius 2 is 1.95 bits per heavy atom. The molecule has 0 N–H and O–H groups in total. The van der Waals surface area contributed by atoms with Crippen molar-refractivity contribution in [2.75, 3.05) is 20.6 Å². The summed E-state index contributed by atoms with van der Waals surface area (Å²) in [7, 11) is 4.35. The highest BCUT2D eigenvalue weighted by atomic mass is 16.5. The second-order valence-electron chi connectivity index (χ2n) is 5.68. The highest BCUT2D eigenvalue weighted by Crippen LogP contribution is 2.37. The van der Waals surface area contributed by atoms with Crippen LogP contribution in [0.5, 0.6) is 5.75 Å². The molecule has 0 bridgehead atoms. The monoisotopic (exact) mass is 262 g/mol. The lowest BCUT2D eigenvalue weighted by Crippen LogP contribution is -2.53. The van der Waals surface area contributed by atoms with Gasteiger partial charge in [-0.2, -0.15) is 0 Å². The van der Waals surface area contributed by atoms with Crippen LogP contribution in [0.1, 0.15) is 26.3 Å². The summed E-state index contributed by atoms with van der Waals surface area (Å²) < 4.78 is 6.15. The number of rotatable bonds is 5. The molecule has 19 heavy (non-hydrogen) atoms. The summed E-state index contributed by atoms with van der Waals surface area (Å²) in [4.78, 5) is 11.4. The Morgan fingerprint density at radius 3 is 2.47 bits per heavy atom. The van der Waals surface area contributed by atoms with Crippen molar-refractivity contribution in [1.82, 2.24) is 0 Å². The molecule has 0 unspecified atom stereocenters. The van der Waals surface area contributed by atoms with Crippen LogP contribution in [0.3, 0.4) is 0 Å². The van der Waals surface area contributed by atoms with Crippen LogP contribution in [0, 0.1) is 0 Å². The second kappa shape index (κ2) is 5.57. The second-order valence-corrected chi connectivity index (χ2v) is 5.68. The Kier molecular flexibility index (Phi) is 4.53. The lowest BCUT2D eigenvalue weighted by molar-refractivity contribution is -0.944. The van der Waals surface area contributed by atoms with Crippen molar-refractivity contribution in [1.29, 1.82) is 0 Å². The van der Waals surface area contributed by atoms with Gasteiger partial charge in [0.25, 0.3) is 0 Å². The van der Waals surface area contributed by atoms with E-state index in [4.69, 9.17) is 4.74 Å². The number of carbonyl (C=O) groups excluding carboxylic acids is 1. The van der Waals surface area contributed by atoms with E-state index >= 15 is 0 Å². The molecule has 0 aliphatic heterocycles. The number of hydrogen-bond donors (Lipinski definition) is 0. The molecule has 1 rings (SSSR count). The molecular formula is C16H24NO2+. The van der Waals surface area contributed by atoms with E-state index in [1.165, 1.54) is 6.08 Å². The Bertz CT molecular complexity index is 475. The molecule has 0 atom stereocenters. The first-order chi connectivity index (χ1) is 8.76. The fourth-order valence-electron chi connectivity index (χ4n) is 1.93. The van der Waals surface area contributed by atoms with Gasteiger partial charge >= 0.3 is 5.97 Å². The summed E-state index contributed by atoms with van der Waals surface area (Å²) in [5.41, 5.74) is 0.865. The predicted molar refractivity (Wildman–Crippen MR) is 77.9 cm³/mol. The van der Waals surface area contributed by atoms with Gasteiger partial charge in [0.1, 0.15) is 11.3 Å². The minimum absolute atomic E-state index is 0.160. The van der Waals surface area contributed by atoms with Crippen molar-refractivity contribution in [3.05, 3.63) is 42.5 Å². The molecule has 3 nitrogen and oxygen atoms in total. The number of carbonyl (C=O) groups is 1. The Labute approximate surface area is 116 Å². The zero-order valence-electron chi connectivity index (χ0n) is 12.6. The molecule has 1 aromatic rings. The molecule has 0 aliphatic carbocycles. The summed E-state index contributed by atoms with van der Waals surface area (Å²) in [6.07, 6.45) is 1.18. The zero-order chi connectivity index (χ0) is 14.7. The van der Waals surface area contributed by atoms with Crippen molar-refractivity contribution >= 4 is 5.97 Å². The average Bonchev–Trinajstić information content (AvgIpc) is 2.38. The molecule has 0 spiro atoms. The van der Waals surface area contributed by atoms with Crippen LogP contribution in [-0.4, -0.2) is 31.1 Å². The van der Waals surface area contributed by atoms with E-state index in [0.29, 0.717) is 5.75 Å². The van der Waals surface area contributed by atoms with E-state index in [1.54, 1.807) is 0 Å². The first-order valence-electron chi connectivity index (χ1n) is 6.53. The van der Waals surface area contributed by atoms with Crippen LogP contribution in [0.4, 0.5) is 0 Å². The van der Waals surface area contributed by atoms with E-state index < -0.39 is 5.97 Å².